The molecule has 0 spiro atoms. The van der Waals surface area contributed by atoms with Gasteiger partial charge in [-0.15, -0.1) is 0 Å². The van der Waals surface area contributed by atoms with E-state index >= 15 is 0 Å². The summed E-state index contributed by atoms with van der Waals surface area (Å²) >= 11 is 0. The largest absolute Gasteiger partial charge is 0.396 e. The minimum Gasteiger partial charge on any atom is -0.396 e. The van der Waals surface area contributed by atoms with Crippen LogP contribution in [0.5, 0.6) is 0 Å². The summed E-state index contributed by atoms with van der Waals surface area (Å²) in [7, 11) is 0. The maximum absolute atomic E-state index is 8.62. The normalized spacial score (nSPS) is 26.0. The molecule has 2 atom stereocenters. The molecule has 1 aliphatic rings. The molecule has 1 rings (SSSR count). The molecule has 1 aliphatic carbocycles. The molecule has 0 bridgehead atoms. The van der Waals surface area contributed by atoms with Gasteiger partial charge in [-0.3, -0.25) is 0 Å². The molecule has 0 heterocycles. The first-order chi connectivity index (χ1) is 7.33. The van der Waals surface area contributed by atoms with Gasteiger partial charge < -0.3 is 10.4 Å². The van der Waals surface area contributed by atoms with Crippen molar-refractivity contribution in [2.45, 2.75) is 51.9 Å². The van der Waals surface area contributed by atoms with Gasteiger partial charge in [-0.2, -0.15) is 0 Å². The fraction of sp³-hybridized carbons (Fsp3) is 1.00. The van der Waals surface area contributed by atoms with Crippen LogP contribution in [0.3, 0.4) is 0 Å². The van der Waals surface area contributed by atoms with E-state index in [9.17, 15) is 0 Å². The van der Waals surface area contributed by atoms with Crippen LogP contribution in [0, 0.1) is 11.8 Å². The number of hydrogen-bond acceptors (Lipinski definition) is 2. The van der Waals surface area contributed by atoms with Crippen LogP contribution in [-0.4, -0.2) is 24.8 Å². The summed E-state index contributed by atoms with van der Waals surface area (Å²) in [4.78, 5) is 0. The minimum absolute atomic E-state index is 0.355. The molecule has 0 radical (unpaired) electrons. The predicted octanol–water partition coefficient (Wildman–Crippen LogP) is 2.56. The predicted molar refractivity (Wildman–Crippen MR) is 64.9 cm³/mol. The maximum Gasteiger partial charge on any atom is 0.0431 e. The third-order valence-corrected chi connectivity index (χ3v) is 3.50. The minimum atomic E-state index is 0.355. The molecule has 1 fully saturated rings. The number of aliphatic hydroxyl groups is 1. The summed E-state index contributed by atoms with van der Waals surface area (Å²) in [6.07, 6.45) is 8.97. The van der Waals surface area contributed by atoms with Crippen molar-refractivity contribution in [2.75, 3.05) is 19.7 Å². The quantitative estimate of drug-likeness (QED) is 0.607. The van der Waals surface area contributed by atoms with Crippen molar-refractivity contribution in [3.8, 4) is 0 Å². The van der Waals surface area contributed by atoms with E-state index in [0.29, 0.717) is 6.61 Å². The first kappa shape index (κ1) is 13.0. The molecule has 0 aliphatic heterocycles. The fourth-order valence-electron chi connectivity index (χ4n) is 2.53. The molecule has 2 nitrogen and oxygen atoms in total. The number of unbranched alkanes of at least 4 members (excludes halogenated alkanes) is 3. The molecule has 0 saturated heterocycles. The van der Waals surface area contributed by atoms with Gasteiger partial charge in [-0.05, 0) is 50.6 Å². The zero-order chi connectivity index (χ0) is 10.9. The Morgan fingerprint density at radius 2 is 1.93 bits per heavy atom. The van der Waals surface area contributed by atoms with Crippen molar-refractivity contribution in [1.82, 2.24) is 5.32 Å². The molecule has 15 heavy (non-hydrogen) atoms. The second kappa shape index (κ2) is 8.12. The number of hydrogen-bond donors (Lipinski definition) is 2. The summed E-state index contributed by atoms with van der Waals surface area (Å²) in [5.41, 5.74) is 0. The standard InChI is InChI=1S/C13H27NO/c1-12-6-7-13(10-12)11-14-8-4-2-3-5-9-15/h12-15H,2-11H2,1H3. The fourth-order valence-corrected chi connectivity index (χ4v) is 2.53. The third-order valence-electron chi connectivity index (χ3n) is 3.50. The van der Waals surface area contributed by atoms with E-state index in [1.165, 1.54) is 45.1 Å². The van der Waals surface area contributed by atoms with E-state index in [2.05, 4.69) is 12.2 Å². The van der Waals surface area contributed by atoms with Gasteiger partial charge >= 0.3 is 0 Å². The molecular weight excluding hydrogens is 186 g/mol. The van der Waals surface area contributed by atoms with Gasteiger partial charge in [0.25, 0.3) is 0 Å². The van der Waals surface area contributed by atoms with Gasteiger partial charge in [-0.25, -0.2) is 0 Å². The Labute approximate surface area is 94.5 Å². The molecule has 0 aromatic rings. The molecule has 0 amide bonds. The monoisotopic (exact) mass is 213 g/mol. The summed E-state index contributed by atoms with van der Waals surface area (Å²) in [5, 5.41) is 12.2. The number of nitrogens with one attached hydrogen (secondary N) is 1. The zero-order valence-corrected chi connectivity index (χ0v) is 10.2. The van der Waals surface area contributed by atoms with E-state index in [-0.39, 0.29) is 0 Å². The lowest BCUT2D eigenvalue weighted by molar-refractivity contribution is 0.282. The van der Waals surface area contributed by atoms with Crippen molar-refractivity contribution < 1.29 is 5.11 Å². The Balaban J connectivity index is 1.81. The Kier molecular flexibility index (Phi) is 7.03. The van der Waals surface area contributed by atoms with E-state index < -0.39 is 0 Å². The van der Waals surface area contributed by atoms with Gasteiger partial charge in [0, 0.05) is 6.61 Å². The SMILES string of the molecule is CC1CCC(CNCCCCCCO)C1. The van der Waals surface area contributed by atoms with E-state index in [1.807, 2.05) is 0 Å². The van der Waals surface area contributed by atoms with Gasteiger partial charge in [0.15, 0.2) is 0 Å². The lowest BCUT2D eigenvalue weighted by Crippen LogP contribution is -2.22. The lowest BCUT2D eigenvalue weighted by atomic mass is 10.1. The Hall–Kier alpha value is -0.0800. The molecular formula is C13H27NO. The number of aliphatic hydroxyl groups excluding tert-OH is 1. The Morgan fingerprint density at radius 1 is 1.13 bits per heavy atom. The molecule has 1 saturated carbocycles. The van der Waals surface area contributed by atoms with Gasteiger partial charge in [0.05, 0.1) is 0 Å². The Morgan fingerprint density at radius 3 is 2.60 bits per heavy atom. The van der Waals surface area contributed by atoms with Gasteiger partial charge in [0.2, 0.25) is 0 Å². The highest BCUT2D eigenvalue weighted by Gasteiger charge is 2.20. The van der Waals surface area contributed by atoms with Gasteiger partial charge in [-0.1, -0.05) is 26.2 Å². The van der Waals surface area contributed by atoms with E-state index in [1.54, 1.807) is 0 Å². The van der Waals surface area contributed by atoms with Crippen LogP contribution in [-0.2, 0) is 0 Å². The first-order valence-corrected chi connectivity index (χ1v) is 6.64. The van der Waals surface area contributed by atoms with Gasteiger partial charge in [0.1, 0.15) is 0 Å². The number of rotatable bonds is 8. The summed E-state index contributed by atoms with van der Waals surface area (Å²) in [6, 6.07) is 0. The molecule has 2 N–H and O–H groups in total. The molecule has 2 unspecified atom stereocenters. The molecule has 0 aromatic heterocycles. The molecule has 90 valence electrons. The van der Waals surface area contributed by atoms with E-state index in [4.69, 9.17) is 5.11 Å². The zero-order valence-electron chi connectivity index (χ0n) is 10.2. The lowest BCUT2D eigenvalue weighted by Gasteiger charge is -2.10. The van der Waals surface area contributed by atoms with Crippen LogP contribution >= 0.6 is 0 Å². The summed E-state index contributed by atoms with van der Waals surface area (Å²) in [5.74, 6) is 1.90. The van der Waals surface area contributed by atoms with Crippen molar-refractivity contribution in [1.29, 1.82) is 0 Å². The average Bonchev–Trinajstić information content (AvgIpc) is 2.63. The van der Waals surface area contributed by atoms with Crippen molar-refractivity contribution in [2.24, 2.45) is 11.8 Å². The van der Waals surface area contributed by atoms with E-state index in [0.717, 1.165) is 24.8 Å². The van der Waals surface area contributed by atoms with Crippen LogP contribution < -0.4 is 5.32 Å². The maximum atomic E-state index is 8.62. The second-order valence-corrected chi connectivity index (χ2v) is 5.13. The van der Waals surface area contributed by atoms with Crippen molar-refractivity contribution >= 4 is 0 Å². The topological polar surface area (TPSA) is 32.3 Å². The van der Waals surface area contributed by atoms with Crippen LogP contribution in [0.15, 0.2) is 0 Å². The highest BCUT2D eigenvalue weighted by atomic mass is 16.2. The molecule has 2 heteroatoms. The smallest absolute Gasteiger partial charge is 0.0431 e. The van der Waals surface area contributed by atoms with Crippen LogP contribution in [0.4, 0.5) is 0 Å². The highest BCUT2D eigenvalue weighted by Crippen LogP contribution is 2.29. The summed E-state index contributed by atoms with van der Waals surface area (Å²) in [6.45, 7) is 5.11. The highest BCUT2D eigenvalue weighted by molar-refractivity contribution is 4.74. The van der Waals surface area contributed by atoms with Crippen LogP contribution in [0.2, 0.25) is 0 Å². The Bertz CT molecular complexity index is 149. The van der Waals surface area contributed by atoms with Crippen molar-refractivity contribution in [3.63, 3.8) is 0 Å². The molecule has 0 aromatic carbocycles. The second-order valence-electron chi connectivity index (χ2n) is 5.13. The van der Waals surface area contributed by atoms with Crippen molar-refractivity contribution in [3.05, 3.63) is 0 Å². The average molecular weight is 213 g/mol. The third kappa shape index (κ3) is 6.16. The summed E-state index contributed by atoms with van der Waals surface area (Å²) < 4.78 is 0. The van der Waals surface area contributed by atoms with Crippen LogP contribution in [0.25, 0.3) is 0 Å². The first-order valence-electron chi connectivity index (χ1n) is 6.64. The van der Waals surface area contributed by atoms with Crippen LogP contribution in [0.1, 0.15) is 51.9 Å².